The van der Waals surface area contributed by atoms with E-state index in [0.717, 1.165) is 4.90 Å². The molecule has 5 amide bonds. The van der Waals surface area contributed by atoms with Crippen molar-refractivity contribution in [2.75, 3.05) is 46.1 Å². The first-order valence-electron chi connectivity index (χ1n) is 33.5. The predicted octanol–water partition coefficient (Wildman–Crippen LogP) is -9.57. The van der Waals surface area contributed by atoms with E-state index in [1.165, 1.54) is 24.3 Å². The average molecular weight is 1480 g/mol. The Kier molecular flexibility index (Phi) is 28.3. The SMILES string of the molecule is CC(c1ccccc1)[C@H](NC(=O)CN)C(=O)N[C@@H](Cc1ccc(OC2OC(CO)C(OC3OC(COCc4ccc(Oc5ccccc5)cc4)C(O)C(O)C3O)C(O)C2O)cc1)C(=O)N[C@H](C(=O)N[C@H](C(=O)N[C@H](C=O)CO)C(O)C1CN=C(N)N1C1OC(CO)C(O)C(O)C1O)C(O)C1CN=C(N)N1. The van der Waals surface area contributed by atoms with Crippen molar-refractivity contribution in [3.63, 3.8) is 0 Å². The van der Waals surface area contributed by atoms with Gasteiger partial charge in [0.25, 0.3) is 0 Å². The maximum atomic E-state index is 15.2. The number of guanidine groups is 2. The number of carbonyl (C=O) groups is 6. The molecule has 0 radical (unpaired) electrons. The van der Waals surface area contributed by atoms with Crippen LogP contribution in [0.3, 0.4) is 0 Å². The molecule has 5 aliphatic rings. The predicted molar refractivity (Wildman–Crippen MR) is 361 cm³/mol. The molecule has 20 unspecified atom stereocenters. The summed E-state index contributed by atoms with van der Waals surface area (Å²) in [6.07, 6.45) is -31.4. The monoisotopic (exact) mass is 1480 g/mol. The van der Waals surface area contributed by atoms with Crippen molar-refractivity contribution < 1.29 is 128 Å². The molecule has 574 valence electrons. The minimum Gasteiger partial charge on any atom is -0.462 e. The van der Waals surface area contributed by atoms with E-state index in [2.05, 4.69) is 41.9 Å². The minimum absolute atomic E-state index is 0.0189. The second-order valence-electron chi connectivity index (χ2n) is 25.6. The number of aliphatic imine (C=N–C) groups is 2. The van der Waals surface area contributed by atoms with Crippen LogP contribution in [0.5, 0.6) is 17.2 Å². The molecule has 5 heterocycles. The number of nitrogens with one attached hydrogen (secondary N) is 6. The van der Waals surface area contributed by atoms with Gasteiger partial charge in [-0.2, -0.15) is 0 Å². The molecular weight excluding hydrogens is 1390 g/mol. The van der Waals surface area contributed by atoms with Crippen molar-refractivity contribution in [2.24, 2.45) is 27.2 Å². The third-order valence-electron chi connectivity index (χ3n) is 18.4. The molecule has 4 aromatic rings. The van der Waals surface area contributed by atoms with Gasteiger partial charge in [-0.05, 0) is 53.1 Å². The van der Waals surface area contributed by atoms with Crippen molar-refractivity contribution in [1.82, 2.24) is 36.8 Å². The fraction of sp³-hybridized carbons (Fsp3) is 0.522. The molecule has 3 fully saturated rings. The maximum Gasteiger partial charge on any atom is 0.246 e. The van der Waals surface area contributed by atoms with Crippen LogP contribution in [-0.4, -0.2) is 312 Å². The molecule has 25 N–H and O–H groups in total. The molecule has 0 aliphatic carbocycles. The smallest absolute Gasteiger partial charge is 0.246 e. The normalized spacial score (nSPS) is 29.7. The number of benzene rings is 4. The number of para-hydroxylation sites is 1. The first-order valence-corrected chi connectivity index (χ1v) is 33.5. The largest absolute Gasteiger partial charge is 0.462 e. The Morgan fingerprint density at radius 1 is 0.610 bits per heavy atom. The number of aldehydes is 1. The third-order valence-corrected chi connectivity index (χ3v) is 18.4. The highest BCUT2D eigenvalue weighted by atomic mass is 16.7. The molecule has 0 spiro atoms. The molecule has 9 rings (SSSR count). The summed E-state index contributed by atoms with van der Waals surface area (Å²) in [5.41, 5.74) is 19.3. The highest BCUT2D eigenvalue weighted by Crippen LogP contribution is 2.33. The number of ether oxygens (including phenoxy) is 7. The van der Waals surface area contributed by atoms with E-state index in [4.69, 9.17) is 50.4 Å². The van der Waals surface area contributed by atoms with Gasteiger partial charge >= 0.3 is 0 Å². The summed E-state index contributed by atoms with van der Waals surface area (Å²) >= 11 is 0. The Bertz CT molecular complexity index is 3580. The second-order valence-corrected chi connectivity index (χ2v) is 25.6. The van der Waals surface area contributed by atoms with Gasteiger partial charge in [-0.3, -0.25) is 34.0 Å². The lowest BCUT2D eigenvalue weighted by molar-refractivity contribution is -0.353. The van der Waals surface area contributed by atoms with Gasteiger partial charge in [0, 0.05) is 12.3 Å². The van der Waals surface area contributed by atoms with Gasteiger partial charge in [0.15, 0.2) is 24.4 Å². The molecule has 0 bridgehead atoms. The Balaban J connectivity index is 0.933. The van der Waals surface area contributed by atoms with Crippen LogP contribution in [0, 0.1) is 0 Å². The van der Waals surface area contributed by atoms with Crippen molar-refractivity contribution >= 4 is 47.7 Å². The highest BCUT2D eigenvalue weighted by molar-refractivity contribution is 5.97. The molecule has 3 saturated heterocycles. The molecule has 105 heavy (non-hydrogen) atoms. The molecule has 0 aromatic heterocycles. The van der Waals surface area contributed by atoms with Gasteiger partial charge in [0.05, 0.1) is 64.8 Å². The highest BCUT2D eigenvalue weighted by Gasteiger charge is 2.54. The quantitative estimate of drug-likeness (QED) is 0.0197. The number of hydrogen-bond acceptors (Lipinski definition) is 33. The number of amides is 5. The molecule has 38 nitrogen and oxygen atoms in total. The zero-order valence-electron chi connectivity index (χ0n) is 56.5. The Hall–Kier alpha value is -8.72. The molecule has 0 saturated carbocycles. The number of hydrogen-bond donors (Lipinski definition) is 22. The van der Waals surface area contributed by atoms with E-state index in [9.17, 15) is 85.6 Å². The number of nitrogens with zero attached hydrogens (tertiary/aromatic N) is 3. The van der Waals surface area contributed by atoms with E-state index in [1.807, 2.05) is 18.2 Å². The standard InChI is InChI=1S/C67H90N12O26/c1-30(33-8-4-2-5-9-33)45(76-44(84)21-68)60(96)74-38(59(95)77-46(48(85)39-22-71-66(69)75-39)62(98)78-47(61(97)73-34(24-80)25-81)49(86)40-23-72-67(70)79(40)63-55(92)52(89)50(87)41(26-82)102-63)20-31-12-16-37(17-13-31)101-64-57(94)54(91)58(42(27-83)103-64)105-65-56(93)53(90)51(88)43(104-65)29-99-28-32-14-18-36(19-15-32)100-35-10-6-3-7-11-35/h2-19,24,30,34,38-43,45-58,63-65,81-83,85-94H,20-23,25-29,68H2,1H3,(H2,70,72)(H,73,97)(H,74,96)(H,76,84)(H,77,95)(H,78,98)(H3,69,71,75)/t30?,34-,38+,39?,40?,41?,42?,43?,45+,46+,47+,48?,49?,50?,51?,52?,53?,54?,55?,56?,57?,58?,63?,64?,65?/m1/s1. The topological polar surface area (TPSA) is 608 Å². The molecule has 4 aromatic carbocycles. The van der Waals surface area contributed by atoms with Crippen LogP contribution in [0.4, 0.5) is 0 Å². The van der Waals surface area contributed by atoms with E-state index < -0.39 is 227 Å². The summed E-state index contributed by atoms with van der Waals surface area (Å²) in [6.45, 7) is -2.94. The van der Waals surface area contributed by atoms with E-state index >= 15 is 9.59 Å². The average Bonchev–Trinajstić information content (AvgIpc) is 1.76. The lowest BCUT2D eigenvalue weighted by atomic mass is 9.92. The summed E-state index contributed by atoms with van der Waals surface area (Å²) in [4.78, 5) is 93.3. The van der Waals surface area contributed by atoms with Crippen LogP contribution in [0.25, 0.3) is 0 Å². The third kappa shape index (κ3) is 19.7. The number of carbonyl (C=O) groups excluding carboxylic acids is 6. The Morgan fingerprint density at radius 3 is 1.81 bits per heavy atom. The Labute approximate surface area is 599 Å². The van der Waals surface area contributed by atoms with Gasteiger partial charge in [-0.15, -0.1) is 0 Å². The van der Waals surface area contributed by atoms with Crippen molar-refractivity contribution in [1.29, 1.82) is 0 Å². The molecule has 25 atom stereocenters. The van der Waals surface area contributed by atoms with Crippen LogP contribution >= 0.6 is 0 Å². The second kappa shape index (κ2) is 37.0. The fourth-order valence-corrected chi connectivity index (χ4v) is 12.4. The molecular formula is C67H90N12O26. The number of nitrogens with two attached hydrogens (primary N) is 3. The van der Waals surface area contributed by atoms with Gasteiger partial charge in [-0.25, -0.2) is 0 Å². The summed E-state index contributed by atoms with van der Waals surface area (Å²) in [5, 5.41) is 158. The fourth-order valence-electron chi connectivity index (χ4n) is 12.4. The first-order chi connectivity index (χ1) is 50.3. The summed E-state index contributed by atoms with van der Waals surface area (Å²) in [7, 11) is 0. The lowest BCUT2D eigenvalue weighted by Crippen LogP contribution is -2.70. The van der Waals surface area contributed by atoms with Crippen LogP contribution in [0.2, 0.25) is 0 Å². The van der Waals surface area contributed by atoms with Crippen LogP contribution in [0.1, 0.15) is 29.5 Å². The summed E-state index contributed by atoms with van der Waals surface area (Å²) in [5.74, 6) is -6.25. The van der Waals surface area contributed by atoms with Crippen LogP contribution < -0.4 is 58.6 Å². The van der Waals surface area contributed by atoms with Gasteiger partial charge < -0.3 is 158 Å². The summed E-state index contributed by atoms with van der Waals surface area (Å²) < 4.78 is 40.9. The van der Waals surface area contributed by atoms with E-state index in [-0.39, 0.29) is 43.3 Å². The van der Waals surface area contributed by atoms with Crippen molar-refractivity contribution in [3.8, 4) is 17.2 Å². The summed E-state index contributed by atoms with van der Waals surface area (Å²) in [6, 6.07) is 17.4. The first kappa shape index (κ1) is 80.4. The van der Waals surface area contributed by atoms with Crippen LogP contribution in [0.15, 0.2) is 119 Å². The molecule has 38 heteroatoms. The lowest BCUT2D eigenvalue weighted by Gasteiger charge is -2.46. The number of aliphatic hydroxyl groups is 13. The van der Waals surface area contributed by atoms with E-state index in [0.29, 0.717) is 22.6 Å². The Morgan fingerprint density at radius 2 is 1.18 bits per heavy atom. The van der Waals surface area contributed by atoms with Crippen molar-refractivity contribution in [2.45, 2.75) is 172 Å². The van der Waals surface area contributed by atoms with E-state index in [1.54, 1.807) is 73.7 Å². The maximum absolute atomic E-state index is 15.2. The van der Waals surface area contributed by atoms with Crippen molar-refractivity contribution in [3.05, 3.63) is 126 Å². The molecule has 5 aliphatic heterocycles. The zero-order chi connectivity index (χ0) is 75.9. The minimum atomic E-state index is -2.30. The van der Waals surface area contributed by atoms with Gasteiger partial charge in [0.1, 0.15) is 139 Å². The van der Waals surface area contributed by atoms with Gasteiger partial charge in [-0.1, -0.05) is 79.7 Å². The number of aliphatic hydroxyl groups excluding tert-OH is 13. The number of rotatable bonds is 33. The van der Waals surface area contributed by atoms with Gasteiger partial charge in [0.2, 0.25) is 35.8 Å². The zero-order valence-corrected chi connectivity index (χ0v) is 56.5. The van der Waals surface area contributed by atoms with Crippen LogP contribution in [-0.2, 0) is 65.5 Å².